The predicted octanol–water partition coefficient (Wildman–Crippen LogP) is 2.60. The third-order valence-electron chi connectivity index (χ3n) is 4.10. The van der Waals surface area contributed by atoms with E-state index in [0.29, 0.717) is 34.7 Å². The summed E-state index contributed by atoms with van der Waals surface area (Å²) in [5, 5.41) is 11.3. The lowest BCUT2D eigenvalue weighted by Gasteiger charge is -2.18. The van der Waals surface area contributed by atoms with Gasteiger partial charge in [0.2, 0.25) is 0 Å². The Morgan fingerprint density at radius 1 is 0.963 bits per heavy atom. The van der Waals surface area contributed by atoms with Gasteiger partial charge in [0.1, 0.15) is 19.2 Å². The van der Waals surface area contributed by atoms with Crippen molar-refractivity contribution < 1.29 is 24.2 Å². The van der Waals surface area contributed by atoms with Crippen molar-refractivity contribution in [1.29, 1.82) is 0 Å². The van der Waals surface area contributed by atoms with Gasteiger partial charge in [-0.3, -0.25) is 0 Å². The minimum Gasteiger partial charge on any atom is -0.493 e. The fourth-order valence-electron chi connectivity index (χ4n) is 2.81. The number of nitrogens with one attached hydrogen (secondary N) is 1. The Morgan fingerprint density at radius 2 is 1.67 bits per heavy atom. The van der Waals surface area contributed by atoms with Crippen molar-refractivity contribution in [3.8, 4) is 11.5 Å². The second-order valence-electron chi connectivity index (χ2n) is 6.44. The highest BCUT2D eigenvalue weighted by Crippen LogP contribution is 2.27. The molecule has 0 spiro atoms. The zero-order valence-electron chi connectivity index (χ0n) is 15.8. The smallest absolute Gasteiger partial charge is 0.161 e. The molecule has 7 heteroatoms. The van der Waals surface area contributed by atoms with Crippen LogP contribution in [0.1, 0.15) is 11.1 Å². The van der Waals surface area contributed by atoms with E-state index in [1.54, 1.807) is 20.3 Å². The summed E-state index contributed by atoms with van der Waals surface area (Å²) in [4.78, 5) is 1.15. The lowest BCUT2D eigenvalue weighted by Crippen LogP contribution is -3.08. The van der Waals surface area contributed by atoms with Gasteiger partial charge in [-0.25, -0.2) is 0 Å². The van der Waals surface area contributed by atoms with Gasteiger partial charge in [-0.05, 0) is 29.8 Å². The highest BCUT2D eigenvalue weighted by molar-refractivity contribution is 6.42. The van der Waals surface area contributed by atoms with Crippen LogP contribution in [-0.2, 0) is 17.9 Å². The number of ether oxygens (including phenoxy) is 3. The van der Waals surface area contributed by atoms with Crippen LogP contribution in [-0.4, -0.2) is 45.6 Å². The van der Waals surface area contributed by atoms with Crippen LogP contribution in [0.15, 0.2) is 36.4 Å². The van der Waals surface area contributed by atoms with Gasteiger partial charge in [-0.1, -0.05) is 35.3 Å². The highest BCUT2D eigenvalue weighted by atomic mass is 35.5. The van der Waals surface area contributed by atoms with Gasteiger partial charge in [0.25, 0.3) is 0 Å². The largest absolute Gasteiger partial charge is 0.493 e. The van der Waals surface area contributed by atoms with Gasteiger partial charge < -0.3 is 24.2 Å². The van der Waals surface area contributed by atoms with Crippen LogP contribution in [0.3, 0.4) is 0 Å². The zero-order valence-corrected chi connectivity index (χ0v) is 17.3. The minimum absolute atomic E-state index is 0.257. The fourth-order valence-corrected chi connectivity index (χ4v) is 3.14. The lowest BCUT2D eigenvalue weighted by molar-refractivity contribution is -0.897. The van der Waals surface area contributed by atoms with Crippen LogP contribution in [0, 0.1) is 0 Å². The molecule has 0 aliphatic rings. The summed E-state index contributed by atoms with van der Waals surface area (Å²) in [7, 11) is 5.21. The average molecular weight is 415 g/mol. The Kier molecular flexibility index (Phi) is 8.67. The van der Waals surface area contributed by atoms with Crippen LogP contribution in [0.25, 0.3) is 0 Å². The molecule has 2 aromatic carbocycles. The molecule has 0 fully saturated rings. The summed E-state index contributed by atoms with van der Waals surface area (Å²) in [6, 6.07) is 11.2. The van der Waals surface area contributed by atoms with E-state index < -0.39 is 6.10 Å². The number of rotatable bonds is 10. The van der Waals surface area contributed by atoms with Gasteiger partial charge >= 0.3 is 0 Å². The quantitative estimate of drug-likeness (QED) is 0.627. The molecule has 0 bridgehead atoms. The molecule has 2 N–H and O–H groups in total. The molecule has 0 saturated heterocycles. The van der Waals surface area contributed by atoms with Gasteiger partial charge in [-0.2, -0.15) is 0 Å². The molecule has 5 nitrogen and oxygen atoms in total. The van der Waals surface area contributed by atoms with Crippen molar-refractivity contribution in [3.63, 3.8) is 0 Å². The van der Waals surface area contributed by atoms with Gasteiger partial charge in [-0.15, -0.1) is 0 Å². The molecule has 0 heterocycles. The van der Waals surface area contributed by atoms with E-state index in [9.17, 15) is 5.11 Å². The van der Waals surface area contributed by atoms with E-state index in [-0.39, 0.29) is 6.61 Å². The Labute approximate surface area is 170 Å². The standard InChI is InChI=1S/C20H25Cl2NO4/c1-23(10-14-4-6-17(21)18(22)8-14)11-16(24)13-27-12-15-5-7-19(25-2)20(9-15)26-3/h4-9,16,24H,10-13H2,1-3H3/p+1/t16-/m0/s1. The molecule has 27 heavy (non-hydrogen) atoms. The lowest BCUT2D eigenvalue weighted by atomic mass is 10.2. The number of hydrogen-bond donors (Lipinski definition) is 2. The molecule has 0 aromatic heterocycles. The van der Waals surface area contributed by atoms with Crippen molar-refractivity contribution in [1.82, 2.24) is 0 Å². The summed E-state index contributed by atoms with van der Waals surface area (Å²) in [5.41, 5.74) is 2.02. The third-order valence-corrected chi connectivity index (χ3v) is 4.84. The summed E-state index contributed by atoms with van der Waals surface area (Å²) in [6.07, 6.45) is -0.562. The molecule has 0 amide bonds. The first-order valence-corrected chi connectivity index (χ1v) is 9.40. The Morgan fingerprint density at radius 3 is 2.33 bits per heavy atom. The topological polar surface area (TPSA) is 52.4 Å². The Bertz CT molecular complexity index is 742. The Hall–Kier alpha value is -1.50. The van der Waals surface area contributed by atoms with E-state index in [1.165, 1.54) is 0 Å². The maximum atomic E-state index is 10.2. The first kappa shape index (κ1) is 21.8. The summed E-state index contributed by atoms with van der Waals surface area (Å²) in [6.45, 7) is 1.95. The molecular formula is C20H26Cl2NO4+. The third kappa shape index (κ3) is 6.87. The van der Waals surface area contributed by atoms with Crippen LogP contribution >= 0.6 is 23.2 Å². The van der Waals surface area contributed by atoms with Crippen LogP contribution in [0.5, 0.6) is 11.5 Å². The van der Waals surface area contributed by atoms with Crippen LogP contribution in [0.4, 0.5) is 0 Å². The fraction of sp³-hybridized carbons (Fsp3) is 0.400. The molecule has 0 saturated carbocycles. The van der Waals surface area contributed by atoms with Crippen LogP contribution < -0.4 is 14.4 Å². The van der Waals surface area contributed by atoms with Gasteiger partial charge in [0.15, 0.2) is 11.5 Å². The number of aliphatic hydroxyl groups excluding tert-OH is 1. The normalized spacial score (nSPS) is 13.3. The van der Waals surface area contributed by atoms with Gasteiger partial charge in [0.05, 0.1) is 44.5 Å². The maximum absolute atomic E-state index is 10.2. The van der Waals surface area contributed by atoms with Crippen molar-refractivity contribution >= 4 is 23.2 Å². The maximum Gasteiger partial charge on any atom is 0.161 e. The molecule has 2 atom stereocenters. The number of aliphatic hydroxyl groups is 1. The second-order valence-corrected chi connectivity index (χ2v) is 7.26. The molecule has 1 unspecified atom stereocenters. The van der Waals surface area contributed by atoms with E-state index >= 15 is 0 Å². The molecule has 148 valence electrons. The number of benzene rings is 2. The van der Waals surface area contributed by atoms with Crippen molar-refractivity contribution in [2.75, 3.05) is 34.4 Å². The molecule has 0 aliphatic carbocycles. The van der Waals surface area contributed by atoms with E-state index in [0.717, 1.165) is 22.6 Å². The predicted molar refractivity (Wildman–Crippen MR) is 107 cm³/mol. The second kappa shape index (κ2) is 10.7. The summed E-state index contributed by atoms with van der Waals surface area (Å²) < 4.78 is 16.1. The zero-order chi connectivity index (χ0) is 19.8. The number of hydrogen-bond acceptors (Lipinski definition) is 4. The number of quaternary nitrogens is 1. The Balaban J connectivity index is 1.76. The minimum atomic E-state index is -0.562. The average Bonchev–Trinajstić information content (AvgIpc) is 2.64. The highest BCUT2D eigenvalue weighted by Gasteiger charge is 2.13. The summed E-state index contributed by atoms with van der Waals surface area (Å²) >= 11 is 12.0. The number of methoxy groups -OCH3 is 2. The SMILES string of the molecule is COc1ccc(COC[C@@H](O)C[NH+](C)Cc2ccc(Cl)c(Cl)c2)cc1OC. The molecule has 2 rings (SSSR count). The van der Waals surface area contributed by atoms with Crippen molar-refractivity contribution in [2.45, 2.75) is 19.3 Å². The molecular weight excluding hydrogens is 389 g/mol. The first-order valence-electron chi connectivity index (χ1n) is 8.65. The number of likely N-dealkylation sites (N-methyl/N-ethyl adjacent to an activating group) is 1. The van der Waals surface area contributed by atoms with E-state index in [2.05, 4.69) is 0 Å². The van der Waals surface area contributed by atoms with Crippen molar-refractivity contribution in [2.24, 2.45) is 0 Å². The van der Waals surface area contributed by atoms with Crippen LogP contribution in [0.2, 0.25) is 10.0 Å². The monoisotopic (exact) mass is 414 g/mol. The summed E-state index contributed by atoms with van der Waals surface area (Å²) in [5.74, 6) is 1.33. The van der Waals surface area contributed by atoms with E-state index in [1.807, 2.05) is 37.4 Å². The molecule has 2 aromatic rings. The first-order chi connectivity index (χ1) is 12.9. The van der Waals surface area contributed by atoms with Gasteiger partial charge in [0, 0.05) is 5.56 Å². The van der Waals surface area contributed by atoms with Crippen molar-refractivity contribution in [3.05, 3.63) is 57.6 Å². The molecule has 0 radical (unpaired) electrons. The number of halogens is 2. The van der Waals surface area contributed by atoms with E-state index in [4.69, 9.17) is 37.4 Å². The molecule has 0 aliphatic heterocycles.